The molecule has 0 spiro atoms. The van der Waals surface area contributed by atoms with Crippen LogP contribution in [0.4, 0.5) is 0 Å². The highest BCUT2D eigenvalue weighted by molar-refractivity contribution is 9.10. The van der Waals surface area contributed by atoms with Gasteiger partial charge in [-0.25, -0.2) is 13.1 Å². The van der Waals surface area contributed by atoms with Crippen LogP contribution in [0, 0.1) is 25.2 Å². The summed E-state index contributed by atoms with van der Waals surface area (Å²) in [5, 5.41) is 13.1. The van der Waals surface area contributed by atoms with Crippen LogP contribution in [0.5, 0.6) is 0 Å². The van der Waals surface area contributed by atoms with Gasteiger partial charge in [-0.2, -0.15) is 10.4 Å². The zero-order valence-electron chi connectivity index (χ0n) is 12.6. The van der Waals surface area contributed by atoms with Crippen LogP contribution in [0.15, 0.2) is 38.4 Å². The minimum Gasteiger partial charge on any atom is -0.266 e. The van der Waals surface area contributed by atoms with Gasteiger partial charge in [0.15, 0.2) is 9.84 Å². The van der Waals surface area contributed by atoms with Gasteiger partial charge in [0.05, 0.1) is 22.9 Å². The number of nitriles is 1. The number of hydrogen-bond acceptors (Lipinski definition) is 5. The Kier molecular flexibility index (Phi) is 5.02. The molecule has 0 unspecified atom stereocenters. The van der Waals surface area contributed by atoms with Gasteiger partial charge in [0, 0.05) is 4.47 Å². The van der Waals surface area contributed by atoms with E-state index in [1.807, 2.05) is 6.07 Å². The van der Waals surface area contributed by atoms with Gasteiger partial charge in [-0.05, 0) is 43.7 Å². The van der Waals surface area contributed by atoms with Gasteiger partial charge >= 0.3 is 0 Å². The van der Waals surface area contributed by atoms with Crippen molar-refractivity contribution in [3.05, 3.63) is 55.9 Å². The Morgan fingerprint density at radius 1 is 1.26 bits per heavy atom. The molecule has 0 fully saturated rings. The first-order chi connectivity index (χ1) is 10.8. The van der Waals surface area contributed by atoms with Crippen LogP contribution in [-0.4, -0.2) is 24.0 Å². The summed E-state index contributed by atoms with van der Waals surface area (Å²) in [6.45, 7) is 3.22. The lowest BCUT2D eigenvalue weighted by Gasteiger charge is -2.09. The van der Waals surface area contributed by atoms with Crippen LogP contribution < -0.4 is 5.56 Å². The Labute approximate surface area is 142 Å². The average Bonchev–Trinajstić information content (AvgIpc) is 2.51. The summed E-state index contributed by atoms with van der Waals surface area (Å²) < 4.78 is 26.4. The molecule has 0 saturated heterocycles. The summed E-state index contributed by atoms with van der Waals surface area (Å²) >= 11 is 3.25. The Morgan fingerprint density at radius 3 is 2.43 bits per heavy atom. The van der Waals surface area contributed by atoms with E-state index in [1.54, 1.807) is 26.0 Å². The van der Waals surface area contributed by atoms with Crippen LogP contribution in [-0.2, 0) is 16.4 Å². The van der Waals surface area contributed by atoms with Crippen molar-refractivity contribution in [1.29, 1.82) is 5.26 Å². The fourth-order valence-corrected chi connectivity index (χ4v) is 3.49. The molecule has 2 aromatic rings. The van der Waals surface area contributed by atoms with E-state index in [-0.39, 0.29) is 22.8 Å². The average molecular weight is 396 g/mol. The minimum absolute atomic E-state index is 0.00135. The van der Waals surface area contributed by atoms with Gasteiger partial charge < -0.3 is 0 Å². The molecule has 0 radical (unpaired) electrons. The van der Waals surface area contributed by atoms with Crippen LogP contribution in [0.3, 0.4) is 0 Å². The van der Waals surface area contributed by atoms with Gasteiger partial charge in [-0.15, -0.1) is 0 Å². The Hall–Kier alpha value is -1.98. The molecule has 0 aliphatic carbocycles. The number of hydrogen-bond donors (Lipinski definition) is 0. The molecule has 0 saturated carbocycles. The molecule has 23 heavy (non-hydrogen) atoms. The highest BCUT2D eigenvalue weighted by Gasteiger charge is 2.17. The zero-order valence-corrected chi connectivity index (χ0v) is 15.0. The zero-order chi connectivity index (χ0) is 17.2. The first-order valence-electron chi connectivity index (χ1n) is 6.73. The predicted octanol–water partition coefficient (Wildman–Crippen LogP) is 1.97. The van der Waals surface area contributed by atoms with Crippen LogP contribution in [0.1, 0.15) is 16.8 Å². The summed E-state index contributed by atoms with van der Waals surface area (Å²) in [6.07, 6.45) is 0. The largest absolute Gasteiger partial charge is 0.284 e. The van der Waals surface area contributed by atoms with Crippen molar-refractivity contribution in [2.75, 3.05) is 5.75 Å². The molecule has 0 N–H and O–H groups in total. The van der Waals surface area contributed by atoms with Crippen LogP contribution in [0.2, 0.25) is 0 Å². The number of rotatable bonds is 4. The molecular weight excluding hydrogens is 382 g/mol. The van der Waals surface area contributed by atoms with E-state index >= 15 is 0 Å². The molecule has 1 aromatic heterocycles. The quantitative estimate of drug-likeness (QED) is 0.788. The molecule has 0 aliphatic heterocycles. The number of sulfone groups is 1. The monoisotopic (exact) mass is 395 g/mol. The molecule has 6 nitrogen and oxygen atoms in total. The molecule has 2 rings (SSSR count). The maximum absolute atomic E-state index is 12.3. The normalized spacial score (nSPS) is 11.2. The van der Waals surface area contributed by atoms with Gasteiger partial charge in [0.25, 0.3) is 5.56 Å². The highest BCUT2D eigenvalue weighted by Crippen LogP contribution is 2.16. The van der Waals surface area contributed by atoms with E-state index in [4.69, 9.17) is 5.26 Å². The molecule has 0 aliphatic rings. The van der Waals surface area contributed by atoms with E-state index in [0.717, 1.165) is 9.15 Å². The van der Waals surface area contributed by atoms with Gasteiger partial charge in [-0.3, -0.25) is 4.79 Å². The molecular formula is C15H14BrN3O3S. The van der Waals surface area contributed by atoms with E-state index < -0.39 is 15.4 Å². The van der Waals surface area contributed by atoms with Crippen LogP contribution >= 0.6 is 15.9 Å². The lowest BCUT2D eigenvalue weighted by atomic mass is 10.1. The number of aromatic nitrogens is 2. The third-order valence-electron chi connectivity index (χ3n) is 3.49. The van der Waals surface area contributed by atoms with Crippen molar-refractivity contribution in [2.45, 2.75) is 25.3 Å². The number of aryl methyl sites for hydroxylation is 2. The predicted molar refractivity (Wildman–Crippen MR) is 88.9 cm³/mol. The molecule has 0 amide bonds. The van der Waals surface area contributed by atoms with Crippen molar-refractivity contribution in [3.63, 3.8) is 0 Å². The third kappa shape index (κ3) is 3.68. The standard InChI is InChI=1S/C15H14BrN3O3S/c1-10-11(2)18-19(15(20)14(10)9-17)7-8-23(21,22)13-5-3-12(16)4-6-13/h3-6H,7-8H2,1-2H3. The molecule has 8 heteroatoms. The summed E-state index contributed by atoms with van der Waals surface area (Å²) in [4.78, 5) is 12.3. The maximum atomic E-state index is 12.3. The van der Waals surface area contributed by atoms with Crippen molar-refractivity contribution in [3.8, 4) is 6.07 Å². The molecule has 0 bridgehead atoms. The van der Waals surface area contributed by atoms with Crippen molar-refractivity contribution >= 4 is 25.8 Å². The minimum atomic E-state index is -3.54. The smallest absolute Gasteiger partial charge is 0.266 e. The lowest BCUT2D eigenvalue weighted by molar-refractivity contribution is 0.566. The first-order valence-corrected chi connectivity index (χ1v) is 9.17. The molecule has 1 aromatic carbocycles. The summed E-state index contributed by atoms with van der Waals surface area (Å²) in [5.74, 6) is -0.269. The van der Waals surface area contributed by atoms with E-state index in [0.29, 0.717) is 11.3 Å². The molecule has 120 valence electrons. The summed E-state index contributed by atoms with van der Waals surface area (Å²) in [7, 11) is -3.54. The Balaban J connectivity index is 2.31. The topological polar surface area (TPSA) is 92.8 Å². The highest BCUT2D eigenvalue weighted by atomic mass is 79.9. The fourth-order valence-electron chi connectivity index (χ4n) is 2.02. The van der Waals surface area contributed by atoms with Crippen LogP contribution in [0.25, 0.3) is 0 Å². The fraction of sp³-hybridized carbons (Fsp3) is 0.267. The third-order valence-corrected chi connectivity index (χ3v) is 5.73. The second-order valence-electron chi connectivity index (χ2n) is 5.00. The van der Waals surface area contributed by atoms with Crippen molar-refractivity contribution < 1.29 is 8.42 Å². The molecule has 1 heterocycles. The van der Waals surface area contributed by atoms with Crippen molar-refractivity contribution in [2.24, 2.45) is 0 Å². The SMILES string of the molecule is Cc1nn(CCS(=O)(=O)c2ccc(Br)cc2)c(=O)c(C#N)c1C. The summed E-state index contributed by atoms with van der Waals surface area (Å²) in [6, 6.07) is 8.13. The van der Waals surface area contributed by atoms with E-state index in [9.17, 15) is 13.2 Å². The van der Waals surface area contributed by atoms with Gasteiger partial charge in [0.2, 0.25) is 0 Å². The maximum Gasteiger partial charge on any atom is 0.284 e. The lowest BCUT2D eigenvalue weighted by Crippen LogP contribution is -2.30. The van der Waals surface area contributed by atoms with E-state index in [1.165, 1.54) is 12.1 Å². The molecule has 0 atom stereocenters. The Morgan fingerprint density at radius 2 is 1.87 bits per heavy atom. The first kappa shape index (κ1) is 17.4. The van der Waals surface area contributed by atoms with Gasteiger partial charge in [-0.1, -0.05) is 15.9 Å². The number of halogens is 1. The van der Waals surface area contributed by atoms with Gasteiger partial charge in [0.1, 0.15) is 11.6 Å². The second kappa shape index (κ2) is 6.64. The van der Waals surface area contributed by atoms with E-state index in [2.05, 4.69) is 21.0 Å². The van der Waals surface area contributed by atoms with Crippen molar-refractivity contribution in [1.82, 2.24) is 9.78 Å². The number of benzene rings is 1. The Bertz CT molecular complexity index is 942. The summed E-state index contributed by atoms with van der Waals surface area (Å²) in [5.41, 5.74) is 0.479. The number of nitrogens with zero attached hydrogens (tertiary/aromatic N) is 3. The second-order valence-corrected chi connectivity index (χ2v) is 8.02.